The van der Waals surface area contributed by atoms with Gasteiger partial charge in [0.15, 0.2) is 0 Å². The van der Waals surface area contributed by atoms with E-state index in [1.807, 2.05) is 0 Å². The van der Waals surface area contributed by atoms with Crippen LogP contribution in [0.3, 0.4) is 0 Å². The summed E-state index contributed by atoms with van der Waals surface area (Å²) >= 11 is 1.79. The van der Waals surface area contributed by atoms with E-state index in [1.54, 1.807) is 18.8 Å². The van der Waals surface area contributed by atoms with Gasteiger partial charge >= 0.3 is 5.97 Å². The number of likely N-dealkylation sites (N-methyl/N-ethyl adjacent to an activating group) is 1. The van der Waals surface area contributed by atoms with E-state index >= 15 is 0 Å². The van der Waals surface area contributed by atoms with Crippen molar-refractivity contribution >= 4 is 17.7 Å². The van der Waals surface area contributed by atoms with E-state index in [0.717, 1.165) is 18.6 Å². The summed E-state index contributed by atoms with van der Waals surface area (Å²) in [6, 6.07) is -0.137. The molecule has 0 aromatic carbocycles. The van der Waals surface area contributed by atoms with Gasteiger partial charge in [-0.3, -0.25) is 4.79 Å². The zero-order valence-corrected chi connectivity index (χ0v) is 8.74. The molecule has 0 aliphatic carbocycles. The summed E-state index contributed by atoms with van der Waals surface area (Å²) in [5, 5.41) is 2.93. The second-order valence-electron chi connectivity index (χ2n) is 2.50. The highest BCUT2D eigenvalue weighted by atomic mass is 32.2. The summed E-state index contributed by atoms with van der Waals surface area (Å²) in [6.07, 6.45) is 3.96. The second kappa shape index (κ2) is 7.43. The molecule has 72 valence electrons. The van der Waals surface area contributed by atoms with E-state index in [1.165, 1.54) is 7.11 Å². The highest BCUT2D eigenvalue weighted by molar-refractivity contribution is 7.98. The van der Waals surface area contributed by atoms with Gasteiger partial charge in [-0.1, -0.05) is 0 Å². The molecule has 0 aliphatic heterocycles. The van der Waals surface area contributed by atoms with Crippen LogP contribution in [0, 0.1) is 0 Å². The van der Waals surface area contributed by atoms with Gasteiger partial charge in [0.2, 0.25) is 0 Å². The molecule has 0 amide bonds. The van der Waals surface area contributed by atoms with Crippen molar-refractivity contribution < 1.29 is 9.53 Å². The van der Waals surface area contributed by atoms with Crippen LogP contribution in [0.4, 0.5) is 0 Å². The molecule has 0 aromatic rings. The van der Waals surface area contributed by atoms with E-state index in [9.17, 15) is 4.79 Å². The Morgan fingerprint density at radius 2 is 2.33 bits per heavy atom. The highest BCUT2D eigenvalue weighted by Crippen LogP contribution is 2.03. The first-order valence-electron chi connectivity index (χ1n) is 4.00. The smallest absolute Gasteiger partial charge is 0.322 e. The van der Waals surface area contributed by atoms with Crippen molar-refractivity contribution in [3.63, 3.8) is 0 Å². The molecule has 0 spiro atoms. The SMILES string of the molecule is CNC(CCCSC)C(=O)OC. The number of esters is 1. The van der Waals surface area contributed by atoms with Gasteiger partial charge in [-0.25, -0.2) is 0 Å². The molecule has 0 saturated carbocycles. The fourth-order valence-electron chi connectivity index (χ4n) is 0.954. The van der Waals surface area contributed by atoms with Gasteiger partial charge < -0.3 is 10.1 Å². The van der Waals surface area contributed by atoms with Crippen molar-refractivity contribution in [3.05, 3.63) is 0 Å². The molecule has 12 heavy (non-hydrogen) atoms. The number of rotatable bonds is 6. The van der Waals surface area contributed by atoms with E-state index in [4.69, 9.17) is 0 Å². The summed E-state index contributed by atoms with van der Waals surface area (Å²) in [5.41, 5.74) is 0. The number of nitrogens with one attached hydrogen (secondary N) is 1. The van der Waals surface area contributed by atoms with Crippen molar-refractivity contribution in [2.24, 2.45) is 0 Å². The third-order valence-electron chi connectivity index (χ3n) is 1.68. The maximum atomic E-state index is 11.0. The second-order valence-corrected chi connectivity index (χ2v) is 3.49. The molecule has 0 fully saturated rings. The number of carbonyl (C=O) groups excluding carboxylic acids is 1. The molecule has 0 aliphatic rings. The lowest BCUT2D eigenvalue weighted by molar-refractivity contribution is -0.143. The molecule has 0 aromatic heterocycles. The monoisotopic (exact) mass is 191 g/mol. The van der Waals surface area contributed by atoms with Gasteiger partial charge in [-0.2, -0.15) is 11.8 Å². The van der Waals surface area contributed by atoms with Gasteiger partial charge in [0.25, 0.3) is 0 Å². The van der Waals surface area contributed by atoms with Crippen LogP contribution in [0.15, 0.2) is 0 Å². The summed E-state index contributed by atoms with van der Waals surface area (Å²) in [7, 11) is 3.20. The first-order chi connectivity index (χ1) is 5.76. The number of methoxy groups -OCH3 is 1. The van der Waals surface area contributed by atoms with Gasteiger partial charge in [-0.15, -0.1) is 0 Å². The first-order valence-corrected chi connectivity index (χ1v) is 5.39. The summed E-state index contributed by atoms with van der Waals surface area (Å²) in [6.45, 7) is 0. The van der Waals surface area contributed by atoms with Crippen LogP contribution in [-0.4, -0.2) is 38.2 Å². The predicted octanol–water partition coefficient (Wildman–Crippen LogP) is 0.891. The summed E-state index contributed by atoms with van der Waals surface area (Å²) in [5.74, 6) is 0.924. The van der Waals surface area contributed by atoms with Crippen molar-refractivity contribution in [2.75, 3.05) is 26.2 Å². The Hall–Kier alpha value is -0.220. The molecule has 1 unspecified atom stereocenters. The van der Waals surface area contributed by atoms with E-state index in [2.05, 4.69) is 16.3 Å². The van der Waals surface area contributed by atoms with Crippen molar-refractivity contribution in [2.45, 2.75) is 18.9 Å². The Morgan fingerprint density at radius 3 is 2.75 bits per heavy atom. The van der Waals surface area contributed by atoms with Crippen LogP contribution in [0.2, 0.25) is 0 Å². The largest absolute Gasteiger partial charge is 0.468 e. The van der Waals surface area contributed by atoms with Crippen LogP contribution in [-0.2, 0) is 9.53 Å². The van der Waals surface area contributed by atoms with Crippen LogP contribution in [0.25, 0.3) is 0 Å². The normalized spacial score (nSPS) is 12.6. The Labute approximate surface area is 78.2 Å². The molecule has 0 rings (SSSR count). The third kappa shape index (κ3) is 4.62. The lowest BCUT2D eigenvalue weighted by Gasteiger charge is -2.12. The van der Waals surface area contributed by atoms with Crippen LogP contribution < -0.4 is 5.32 Å². The standard InChI is InChI=1S/C8H17NO2S/c1-9-7(8(10)11-2)5-4-6-12-3/h7,9H,4-6H2,1-3H3. The fourth-order valence-corrected chi connectivity index (χ4v) is 1.41. The zero-order valence-electron chi connectivity index (χ0n) is 7.92. The summed E-state index contributed by atoms with van der Waals surface area (Å²) in [4.78, 5) is 11.0. The van der Waals surface area contributed by atoms with Crippen LogP contribution in [0.5, 0.6) is 0 Å². The third-order valence-corrected chi connectivity index (χ3v) is 2.37. The predicted molar refractivity (Wildman–Crippen MR) is 52.5 cm³/mol. The lowest BCUT2D eigenvalue weighted by Crippen LogP contribution is -2.34. The Morgan fingerprint density at radius 1 is 1.67 bits per heavy atom. The minimum Gasteiger partial charge on any atom is -0.468 e. The van der Waals surface area contributed by atoms with E-state index in [-0.39, 0.29) is 12.0 Å². The summed E-state index contributed by atoms with van der Waals surface area (Å²) < 4.78 is 4.63. The maximum Gasteiger partial charge on any atom is 0.322 e. The maximum absolute atomic E-state index is 11.0. The molecule has 1 atom stereocenters. The average molecular weight is 191 g/mol. The molecule has 0 radical (unpaired) electrons. The highest BCUT2D eigenvalue weighted by Gasteiger charge is 2.15. The van der Waals surface area contributed by atoms with Gasteiger partial charge in [0.1, 0.15) is 6.04 Å². The molecular formula is C8H17NO2S. The topological polar surface area (TPSA) is 38.3 Å². The lowest BCUT2D eigenvalue weighted by atomic mass is 10.2. The van der Waals surface area contributed by atoms with Gasteiger partial charge in [0.05, 0.1) is 7.11 Å². The van der Waals surface area contributed by atoms with Gasteiger partial charge in [0, 0.05) is 0 Å². The number of hydrogen-bond acceptors (Lipinski definition) is 4. The van der Waals surface area contributed by atoms with E-state index < -0.39 is 0 Å². The quantitative estimate of drug-likeness (QED) is 0.500. The molecular weight excluding hydrogens is 174 g/mol. The number of carbonyl (C=O) groups is 1. The Balaban J connectivity index is 3.60. The van der Waals surface area contributed by atoms with Crippen LogP contribution >= 0.6 is 11.8 Å². The molecule has 0 heterocycles. The zero-order chi connectivity index (χ0) is 9.40. The number of thioether (sulfide) groups is 1. The van der Waals surface area contributed by atoms with E-state index in [0.29, 0.717) is 0 Å². The minimum atomic E-state index is -0.168. The fraction of sp³-hybridized carbons (Fsp3) is 0.875. The van der Waals surface area contributed by atoms with Gasteiger partial charge in [-0.05, 0) is 31.9 Å². The number of hydrogen-bond donors (Lipinski definition) is 1. The molecule has 3 nitrogen and oxygen atoms in total. The van der Waals surface area contributed by atoms with Crippen LogP contribution in [0.1, 0.15) is 12.8 Å². The number of ether oxygens (including phenoxy) is 1. The molecule has 0 saturated heterocycles. The van der Waals surface area contributed by atoms with Crippen molar-refractivity contribution in [1.29, 1.82) is 0 Å². The molecule has 1 N–H and O–H groups in total. The van der Waals surface area contributed by atoms with Crippen molar-refractivity contribution in [1.82, 2.24) is 5.32 Å². The molecule has 0 bridgehead atoms. The minimum absolute atomic E-state index is 0.137. The van der Waals surface area contributed by atoms with Crippen molar-refractivity contribution in [3.8, 4) is 0 Å². The Kier molecular flexibility index (Phi) is 7.29. The average Bonchev–Trinajstić information content (AvgIpc) is 2.11. The molecule has 4 heteroatoms. The Bertz CT molecular complexity index is 130. The first kappa shape index (κ1) is 11.8.